The second-order valence-corrected chi connectivity index (χ2v) is 19.6. The zero-order chi connectivity index (χ0) is 41.4. The molecule has 0 heterocycles. The van der Waals surface area contributed by atoms with Gasteiger partial charge in [-0.05, 0) is 12.8 Å². The number of aliphatic hydroxyl groups excluding tert-OH is 1. The molecule has 56 heavy (non-hydrogen) atoms. The Hall–Kier alpha value is -0.500. The van der Waals surface area contributed by atoms with Gasteiger partial charge in [-0.1, -0.05) is 226 Å². The van der Waals surface area contributed by atoms with E-state index in [-0.39, 0.29) is 19.1 Å². The summed E-state index contributed by atoms with van der Waals surface area (Å²) in [6.45, 7) is 4.75. The van der Waals surface area contributed by atoms with Crippen LogP contribution in [0.5, 0.6) is 0 Å². The first kappa shape index (κ1) is 55.5. The molecule has 0 aliphatic heterocycles. The van der Waals surface area contributed by atoms with Crippen molar-refractivity contribution < 1.29 is 32.9 Å². The van der Waals surface area contributed by atoms with Gasteiger partial charge in [-0.25, -0.2) is 0 Å². The number of quaternary nitrogens is 1. The van der Waals surface area contributed by atoms with Crippen LogP contribution in [0, 0.1) is 0 Å². The number of hydrogen-bond donors (Lipinski definition) is 2. The summed E-state index contributed by atoms with van der Waals surface area (Å²) in [5, 5.41) is 13.9. The Morgan fingerprint density at radius 1 is 0.554 bits per heavy atom. The number of unbranched alkanes of at least 4 members (excludes halogenated alkanes) is 32. The largest absolute Gasteiger partial charge is 0.756 e. The van der Waals surface area contributed by atoms with Crippen LogP contribution in [0.1, 0.15) is 245 Å². The fourth-order valence-electron chi connectivity index (χ4n) is 7.45. The lowest BCUT2D eigenvalue weighted by molar-refractivity contribution is -0.870. The summed E-state index contributed by atoms with van der Waals surface area (Å²) in [5.41, 5.74) is 0. The highest BCUT2D eigenvalue weighted by Crippen LogP contribution is 2.38. The summed E-state index contributed by atoms with van der Waals surface area (Å²) in [6, 6.07) is -0.793. The Bertz CT molecular complexity index is 885. The highest BCUT2D eigenvalue weighted by atomic mass is 31.2. The Labute approximate surface area is 349 Å². The van der Waals surface area contributed by atoms with Gasteiger partial charge in [0.05, 0.1) is 39.9 Å². The molecule has 9 heteroatoms. The molecule has 0 aliphatic carbocycles. The highest BCUT2D eigenvalue weighted by Gasteiger charge is 2.24. The van der Waals surface area contributed by atoms with Crippen LogP contribution >= 0.6 is 7.82 Å². The number of rotatable bonds is 45. The molecule has 0 saturated carbocycles. The lowest BCUT2D eigenvalue weighted by Gasteiger charge is -2.30. The molecular weight excluding hydrogens is 719 g/mol. The van der Waals surface area contributed by atoms with Gasteiger partial charge in [-0.2, -0.15) is 0 Å². The van der Waals surface area contributed by atoms with Crippen molar-refractivity contribution in [2.24, 2.45) is 0 Å². The van der Waals surface area contributed by atoms with Gasteiger partial charge in [0.2, 0.25) is 5.91 Å². The van der Waals surface area contributed by atoms with Crippen LogP contribution in [0.3, 0.4) is 0 Å². The number of amides is 1. The molecule has 0 aromatic heterocycles. The maximum Gasteiger partial charge on any atom is 0.268 e. The van der Waals surface area contributed by atoms with Crippen molar-refractivity contribution in [3.05, 3.63) is 0 Å². The van der Waals surface area contributed by atoms with Crippen molar-refractivity contribution in [1.29, 1.82) is 0 Å². The van der Waals surface area contributed by atoms with E-state index in [0.717, 1.165) is 38.5 Å². The number of phosphoric acid groups is 1. The molecule has 8 nitrogen and oxygen atoms in total. The molecule has 0 fully saturated rings. The smallest absolute Gasteiger partial charge is 0.268 e. The van der Waals surface area contributed by atoms with Gasteiger partial charge >= 0.3 is 0 Å². The molecule has 3 unspecified atom stereocenters. The van der Waals surface area contributed by atoms with E-state index < -0.39 is 20.0 Å². The van der Waals surface area contributed by atoms with E-state index in [0.29, 0.717) is 23.9 Å². The Balaban J connectivity index is 4.23. The van der Waals surface area contributed by atoms with Crippen molar-refractivity contribution in [1.82, 2.24) is 5.32 Å². The van der Waals surface area contributed by atoms with Crippen molar-refractivity contribution in [3.8, 4) is 0 Å². The molecule has 0 aliphatic rings. The molecule has 0 aromatic rings. The molecular formula is C47H97N2O6P. The second kappa shape index (κ2) is 39.9. The molecule has 0 aromatic carbocycles. The normalized spacial score (nSPS) is 14.2. The first-order valence-corrected chi connectivity index (χ1v) is 25.8. The van der Waals surface area contributed by atoms with Crippen LogP contribution in [0.15, 0.2) is 0 Å². The quantitative estimate of drug-likeness (QED) is 0.0360. The fraction of sp³-hybridized carbons (Fsp3) is 0.979. The van der Waals surface area contributed by atoms with Gasteiger partial charge in [0, 0.05) is 6.42 Å². The Morgan fingerprint density at radius 3 is 1.21 bits per heavy atom. The average molecular weight is 817 g/mol. The molecule has 0 saturated heterocycles. The van der Waals surface area contributed by atoms with Gasteiger partial charge in [0.15, 0.2) is 0 Å². The van der Waals surface area contributed by atoms with Gasteiger partial charge in [-0.3, -0.25) is 9.36 Å². The number of nitrogens with zero attached hydrogens (tertiary/aromatic N) is 1. The van der Waals surface area contributed by atoms with Crippen molar-refractivity contribution in [2.45, 2.75) is 257 Å². The molecule has 0 spiro atoms. The first-order valence-electron chi connectivity index (χ1n) is 24.4. The minimum Gasteiger partial charge on any atom is -0.756 e. The summed E-state index contributed by atoms with van der Waals surface area (Å²) in [4.78, 5) is 25.4. The van der Waals surface area contributed by atoms with Gasteiger partial charge in [-0.15, -0.1) is 0 Å². The molecule has 336 valence electrons. The molecule has 1 amide bonds. The predicted octanol–water partition coefficient (Wildman–Crippen LogP) is 13.1. The lowest BCUT2D eigenvalue weighted by Crippen LogP contribution is -2.46. The molecule has 0 bridgehead atoms. The van der Waals surface area contributed by atoms with Gasteiger partial charge in [0.25, 0.3) is 7.82 Å². The van der Waals surface area contributed by atoms with Crippen LogP contribution in [0.4, 0.5) is 0 Å². The number of hydrogen-bond acceptors (Lipinski definition) is 6. The van der Waals surface area contributed by atoms with Crippen molar-refractivity contribution >= 4 is 13.7 Å². The molecule has 3 atom stereocenters. The monoisotopic (exact) mass is 817 g/mol. The molecule has 2 N–H and O–H groups in total. The van der Waals surface area contributed by atoms with E-state index in [2.05, 4.69) is 19.2 Å². The standard InChI is InChI=1S/C47H97N2O6P/c1-6-8-10-12-14-16-18-20-22-23-24-25-26-27-29-31-33-35-37-39-41-47(51)48-45(44-55-56(52,53)54-43-42-49(3,4)5)46(50)40-38-36-34-32-30-28-21-19-17-15-13-11-9-7-2/h45-46,50H,6-44H2,1-5H3,(H-,48,51,52,53). The summed E-state index contributed by atoms with van der Waals surface area (Å²) in [7, 11) is 1.32. The summed E-state index contributed by atoms with van der Waals surface area (Å²) >= 11 is 0. The van der Waals surface area contributed by atoms with E-state index >= 15 is 0 Å². The maximum atomic E-state index is 12.9. The fourth-order valence-corrected chi connectivity index (χ4v) is 8.18. The number of phosphoric ester groups is 1. The van der Waals surface area contributed by atoms with Crippen LogP contribution in [-0.2, 0) is 18.4 Å². The third-order valence-electron chi connectivity index (χ3n) is 11.3. The Morgan fingerprint density at radius 2 is 0.875 bits per heavy atom. The number of carbonyl (C=O) groups is 1. The first-order chi connectivity index (χ1) is 27.0. The lowest BCUT2D eigenvalue weighted by atomic mass is 10.0. The minimum absolute atomic E-state index is 0.0162. The zero-order valence-corrected chi connectivity index (χ0v) is 39.0. The molecule has 0 radical (unpaired) electrons. The highest BCUT2D eigenvalue weighted by molar-refractivity contribution is 7.45. The van der Waals surface area contributed by atoms with E-state index in [1.54, 1.807) is 0 Å². The topological polar surface area (TPSA) is 108 Å². The van der Waals surface area contributed by atoms with Crippen LogP contribution < -0.4 is 10.2 Å². The van der Waals surface area contributed by atoms with Crippen LogP contribution in [0.25, 0.3) is 0 Å². The number of nitrogens with one attached hydrogen (secondary N) is 1. The van der Waals surface area contributed by atoms with Gasteiger partial charge in [0.1, 0.15) is 13.2 Å². The van der Waals surface area contributed by atoms with Crippen molar-refractivity contribution in [3.63, 3.8) is 0 Å². The predicted molar refractivity (Wildman–Crippen MR) is 238 cm³/mol. The van der Waals surface area contributed by atoms with E-state index in [1.165, 1.54) is 180 Å². The summed E-state index contributed by atoms with van der Waals surface area (Å²) in [6.07, 6.45) is 43.9. The van der Waals surface area contributed by atoms with Crippen LogP contribution in [0.2, 0.25) is 0 Å². The van der Waals surface area contributed by atoms with E-state index in [1.807, 2.05) is 21.1 Å². The summed E-state index contributed by atoms with van der Waals surface area (Å²) < 4.78 is 23.3. The SMILES string of the molecule is CCCCCCCCCCCCCCCCCCCCCCC(=O)NC(COP(=O)([O-])OCC[N+](C)(C)C)C(O)CCCCCCCCCCCCCCCC. The number of likely N-dealkylation sites (N-methyl/N-ethyl adjacent to an activating group) is 1. The third-order valence-corrected chi connectivity index (χ3v) is 12.3. The van der Waals surface area contributed by atoms with Gasteiger partial charge < -0.3 is 28.8 Å². The Kier molecular flexibility index (Phi) is 39.6. The minimum atomic E-state index is -4.56. The van der Waals surface area contributed by atoms with Crippen molar-refractivity contribution in [2.75, 3.05) is 40.9 Å². The maximum absolute atomic E-state index is 12.9. The zero-order valence-electron chi connectivity index (χ0n) is 38.1. The number of carbonyl (C=O) groups excluding carboxylic acids is 1. The number of aliphatic hydroxyl groups is 1. The van der Waals surface area contributed by atoms with Crippen LogP contribution in [-0.4, -0.2) is 68.5 Å². The molecule has 0 rings (SSSR count). The summed E-state index contributed by atoms with van der Waals surface area (Å²) in [5.74, 6) is -0.160. The second-order valence-electron chi connectivity index (χ2n) is 18.2. The average Bonchev–Trinajstić information content (AvgIpc) is 3.15. The van der Waals surface area contributed by atoms with E-state index in [4.69, 9.17) is 9.05 Å². The third kappa shape index (κ3) is 41.7. The van der Waals surface area contributed by atoms with E-state index in [9.17, 15) is 19.4 Å².